The van der Waals surface area contributed by atoms with Gasteiger partial charge in [0.05, 0.1) is 0 Å². The lowest BCUT2D eigenvalue weighted by atomic mass is 10.0. The van der Waals surface area contributed by atoms with E-state index in [0.29, 0.717) is 17.5 Å². The summed E-state index contributed by atoms with van der Waals surface area (Å²) in [7, 11) is 0. The second-order valence-corrected chi connectivity index (χ2v) is 4.54. The molecule has 1 atom stereocenters. The van der Waals surface area contributed by atoms with Crippen LogP contribution in [0.15, 0.2) is 12.4 Å². The number of piperidine rings is 1. The Bertz CT molecular complexity index is 534. The van der Waals surface area contributed by atoms with Crippen LogP contribution in [0.3, 0.4) is 0 Å². The molecule has 3 heterocycles. The lowest BCUT2D eigenvalue weighted by Gasteiger charge is -2.33. The average Bonchev–Trinajstić information content (AvgIpc) is 2.75. The zero-order chi connectivity index (χ0) is 11.8. The van der Waals surface area contributed by atoms with Crippen molar-refractivity contribution in [2.24, 2.45) is 0 Å². The predicted molar refractivity (Wildman–Crippen MR) is 65.9 cm³/mol. The molecular weight excluding hydrogens is 216 g/mol. The number of hydrogen-bond acceptors (Lipinski definition) is 5. The van der Waals surface area contributed by atoms with E-state index in [2.05, 4.69) is 27.0 Å². The smallest absolute Gasteiger partial charge is 0.232 e. The summed E-state index contributed by atoms with van der Waals surface area (Å²) in [6, 6.07) is 0.505. The Morgan fingerprint density at radius 1 is 1.35 bits per heavy atom. The number of anilines is 2. The van der Waals surface area contributed by atoms with Crippen molar-refractivity contribution < 1.29 is 0 Å². The molecule has 90 valence electrons. The van der Waals surface area contributed by atoms with E-state index < -0.39 is 0 Å². The SMILES string of the molecule is CC1CCCCN1c1nnc2c(N)nccn12. The summed E-state index contributed by atoms with van der Waals surface area (Å²) in [6.45, 7) is 3.26. The third-order valence-electron chi connectivity index (χ3n) is 3.40. The summed E-state index contributed by atoms with van der Waals surface area (Å²) in [4.78, 5) is 6.32. The van der Waals surface area contributed by atoms with Crippen molar-refractivity contribution in [3.8, 4) is 0 Å². The Balaban J connectivity index is 2.08. The average molecular weight is 232 g/mol. The van der Waals surface area contributed by atoms with Gasteiger partial charge >= 0.3 is 0 Å². The van der Waals surface area contributed by atoms with E-state index in [0.717, 1.165) is 12.5 Å². The summed E-state index contributed by atoms with van der Waals surface area (Å²) in [6.07, 6.45) is 7.25. The van der Waals surface area contributed by atoms with Crippen molar-refractivity contribution in [1.29, 1.82) is 0 Å². The van der Waals surface area contributed by atoms with Crippen molar-refractivity contribution in [2.45, 2.75) is 32.2 Å². The molecule has 2 N–H and O–H groups in total. The maximum Gasteiger partial charge on any atom is 0.232 e. The molecule has 1 unspecified atom stereocenters. The molecule has 1 saturated heterocycles. The predicted octanol–water partition coefficient (Wildman–Crippen LogP) is 1.09. The molecule has 6 nitrogen and oxygen atoms in total. The lowest BCUT2D eigenvalue weighted by molar-refractivity contribution is 0.476. The maximum atomic E-state index is 5.78. The third kappa shape index (κ3) is 1.60. The van der Waals surface area contributed by atoms with Crippen LogP contribution in [0.2, 0.25) is 0 Å². The van der Waals surface area contributed by atoms with Crippen LogP contribution >= 0.6 is 0 Å². The van der Waals surface area contributed by atoms with Crippen molar-refractivity contribution in [3.63, 3.8) is 0 Å². The van der Waals surface area contributed by atoms with Gasteiger partial charge in [0, 0.05) is 25.0 Å². The number of nitrogens with zero attached hydrogens (tertiary/aromatic N) is 5. The summed E-state index contributed by atoms with van der Waals surface area (Å²) in [5, 5.41) is 8.36. The molecular formula is C11H16N6. The molecule has 0 aromatic carbocycles. The molecule has 0 amide bonds. The molecule has 1 aliphatic rings. The van der Waals surface area contributed by atoms with Crippen LogP contribution in [0.4, 0.5) is 11.8 Å². The largest absolute Gasteiger partial charge is 0.381 e. The van der Waals surface area contributed by atoms with Gasteiger partial charge in [0.1, 0.15) is 0 Å². The number of hydrogen-bond donors (Lipinski definition) is 1. The molecule has 1 fully saturated rings. The number of nitrogens with two attached hydrogens (primary N) is 1. The van der Waals surface area contributed by atoms with Crippen LogP contribution in [0, 0.1) is 0 Å². The first kappa shape index (κ1) is 10.3. The molecule has 0 spiro atoms. The highest BCUT2D eigenvalue weighted by Crippen LogP contribution is 2.24. The Morgan fingerprint density at radius 2 is 2.24 bits per heavy atom. The minimum absolute atomic E-state index is 0.427. The van der Waals surface area contributed by atoms with Gasteiger partial charge in [0.25, 0.3) is 0 Å². The summed E-state index contributed by atoms with van der Waals surface area (Å²) < 4.78 is 1.92. The highest BCUT2D eigenvalue weighted by molar-refractivity contribution is 5.61. The van der Waals surface area contributed by atoms with Gasteiger partial charge in [0.15, 0.2) is 5.82 Å². The summed E-state index contributed by atoms with van der Waals surface area (Å²) in [5.41, 5.74) is 6.42. The molecule has 0 radical (unpaired) electrons. The number of aromatic nitrogens is 4. The Labute approximate surface area is 99.5 Å². The zero-order valence-corrected chi connectivity index (χ0v) is 9.87. The second kappa shape index (κ2) is 3.87. The zero-order valence-electron chi connectivity index (χ0n) is 9.87. The molecule has 0 aliphatic carbocycles. The topological polar surface area (TPSA) is 72.3 Å². The number of rotatable bonds is 1. The Kier molecular flexibility index (Phi) is 2.35. The second-order valence-electron chi connectivity index (χ2n) is 4.54. The fourth-order valence-corrected chi connectivity index (χ4v) is 2.42. The van der Waals surface area contributed by atoms with Gasteiger partial charge in [-0.2, -0.15) is 0 Å². The highest BCUT2D eigenvalue weighted by Gasteiger charge is 2.23. The number of fused-ring (bicyclic) bond motifs is 1. The van der Waals surface area contributed by atoms with Gasteiger partial charge in [-0.25, -0.2) is 4.98 Å². The molecule has 17 heavy (non-hydrogen) atoms. The highest BCUT2D eigenvalue weighted by atomic mass is 15.4. The van der Waals surface area contributed by atoms with Gasteiger partial charge in [-0.05, 0) is 26.2 Å². The van der Waals surface area contributed by atoms with E-state index in [9.17, 15) is 0 Å². The van der Waals surface area contributed by atoms with Gasteiger partial charge in [-0.3, -0.25) is 4.40 Å². The van der Waals surface area contributed by atoms with Crippen LogP contribution in [0.5, 0.6) is 0 Å². The minimum Gasteiger partial charge on any atom is -0.381 e. The van der Waals surface area contributed by atoms with Crippen molar-refractivity contribution in [2.75, 3.05) is 17.2 Å². The minimum atomic E-state index is 0.427. The van der Waals surface area contributed by atoms with E-state index in [-0.39, 0.29) is 0 Å². The quantitative estimate of drug-likeness (QED) is 0.796. The van der Waals surface area contributed by atoms with Crippen molar-refractivity contribution >= 4 is 17.4 Å². The van der Waals surface area contributed by atoms with Crippen molar-refractivity contribution in [3.05, 3.63) is 12.4 Å². The van der Waals surface area contributed by atoms with Gasteiger partial charge in [-0.15, -0.1) is 10.2 Å². The number of nitrogen functional groups attached to an aromatic ring is 1. The molecule has 0 saturated carbocycles. The summed E-state index contributed by atoms with van der Waals surface area (Å²) >= 11 is 0. The monoisotopic (exact) mass is 232 g/mol. The van der Waals surface area contributed by atoms with Crippen LogP contribution < -0.4 is 10.6 Å². The van der Waals surface area contributed by atoms with E-state index >= 15 is 0 Å². The third-order valence-corrected chi connectivity index (χ3v) is 3.40. The molecule has 2 aromatic heterocycles. The Morgan fingerprint density at radius 3 is 3.06 bits per heavy atom. The fraction of sp³-hybridized carbons (Fsp3) is 0.545. The van der Waals surface area contributed by atoms with E-state index in [4.69, 9.17) is 5.73 Å². The fourth-order valence-electron chi connectivity index (χ4n) is 2.42. The maximum absolute atomic E-state index is 5.78. The van der Waals surface area contributed by atoms with E-state index in [1.807, 2.05) is 10.6 Å². The van der Waals surface area contributed by atoms with Crippen LogP contribution in [-0.4, -0.2) is 32.2 Å². The van der Waals surface area contributed by atoms with Gasteiger partial charge in [-0.1, -0.05) is 0 Å². The lowest BCUT2D eigenvalue weighted by Crippen LogP contribution is -2.38. The molecule has 1 aliphatic heterocycles. The molecule has 3 rings (SSSR count). The standard InChI is InChI=1S/C11H16N6/c1-8-4-2-3-6-16(8)11-15-14-10-9(12)13-5-7-17(10)11/h5,7-8H,2-4,6H2,1H3,(H2,12,13). The van der Waals surface area contributed by atoms with Crippen molar-refractivity contribution in [1.82, 2.24) is 19.6 Å². The van der Waals surface area contributed by atoms with E-state index in [1.54, 1.807) is 6.20 Å². The first-order valence-corrected chi connectivity index (χ1v) is 5.99. The van der Waals surface area contributed by atoms with Gasteiger partial charge in [0.2, 0.25) is 11.6 Å². The van der Waals surface area contributed by atoms with Gasteiger partial charge < -0.3 is 10.6 Å². The van der Waals surface area contributed by atoms with E-state index in [1.165, 1.54) is 19.3 Å². The van der Waals surface area contributed by atoms with Crippen LogP contribution in [0.1, 0.15) is 26.2 Å². The van der Waals surface area contributed by atoms with Crippen LogP contribution in [-0.2, 0) is 0 Å². The first-order valence-electron chi connectivity index (χ1n) is 5.99. The molecule has 2 aromatic rings. The van der Waals surface area contributed by atoms with Crippen LogP contribution in [0.25, 0.3) is 5.65 Å². The normalized spacial score (nSPS) is 21.0. The Hall–Kier alpha value is -1.85. The molecule has 6 heteroatoms. The molecule has 0 bridgehead atoms. The first-order chi connectivity index (χ1) is 8.27. The summed E-state index contributed by atoms with van der Waals surface area (Å²) in [5.74, 6) is 1.30.